The van der Waals surface area contributed by atoms with E-state index in [2.05, 4.69) is 40.1 Å². The van der Waals surface area contributed by atoms with Crippen LogP contribution in [0.3, 0.4) is 0 Å². The van der Waals surface area contributed by atoms with Crippen molar-refractivity contribution in [2.24, 2.45) is 5.92 Å². The summed E-state index contributed by atoms with van der Waals surface area (Å²) >= 11 is 4.76. The van der Waals surface area contributed by atoms with Crippen molar-refractivity contribution in [2.75, 3.05) is 6.54 Å². The summed E-state index contributed by atoms with van der Waals surface area (Å²) in [6.07, 6.45) is 0. The SMILES string of the molecule is CC(C)CNCc1nc(COc2ccc(F)c(Br)c2)cs1. The summed E-state index contributed by atoms with van der Waals surface area (Å²) in [6.45, 7) is 6.50. The van der Waals surface area contributed by atoms with Crippen LogP contribution in [-0.4, -0.2) is 11.5 Å². The zero-order valence-electron chi connectivity index (χ0n) is 12.0. The Balaban J connectivity index is 1.83. The Labute approximate surface area is 136 Å². The Morgan fingerprint density at radius 2 is 2.24 bits per heavy atom. The Morgan fingerprint density at radius 3 is 2.95 bits per heavy atom. The van der Waals surface area contributed by atoms with E-state index >= 15 is 0 Å². The lowest BCUT2D eigenvalue weighted by Crippen LogP contribution is -2.18. The highest BCUT2D eigenvalue weighted by Gasteiger charge is 2.05. The first-order chi connectivity index (χ1) is 10.0. The molecule has 1 aromatic carbocycles. The molecule has 1 aromatic heterocycles. The van der Waals surface area contributed by atoms with Crippen molar-refractivity contribution in [3.8, 4) is 5.75 Å². The molecule has 0 bridgehead atoms. The predicted octanol–water partition coefficient (Wildman–Crippen LogP) is 4.37. The molecule has 0 aliphatic rings. The number of nitrogens with zero attached hydrogens (tertiary/aromatic N) is 1. The lowest BCUT2D eigenvalue weighted by Gasteiger charge is -2.05. The van der Waals surface area contributed by atoms with Gasteiger partial charge in [-0.3, -0.25) is 0 Å². The van der Waals surface area contributed by atoms with Crippen LogP contribution in [0.2, 0.25) is 0 Å². The minimum absolute atomic E-state index is 0.297. The van der Waals surface area contributed by atoms with Crippen molar-refractivity contribution in [3.63, 3.8) is 0 Å². The monoisotopic (exact) mass is 372 g/mol. The molecule has 1 heterocycles. The molecule has 2 aromatic rings. The number of hydrogen-bond donors (Lipinski definition) is 1. The topological polar surface area (TPSA) is 34.2 Å². The third-order valence-electron chi connectivity index (χ3n) is 2.71. The summed E-state index contributed by atoms with van der Waals surface area (Å²) in [5.74, 6) is 0.954. The van der Waals surface area contributed by atoms with Crippen LogP contribution in [-0.2, 0) is 13.2 Å². The van der Waals surface area contributed by atoms with E-state index in [1.165, 1.54) is 6.07 Å². The van der Waals surface area contributed by atoms with E-state index in [-0.39, 0.29) is 5.82 Å². The maximum atomic E-state index is 13.1. The van der Waals surface area contributed by atoms with Gasteiger partial charge in [-0.15, -0.1) is 11.3 Å². The molecule has 3 nitrogen and oxygen atoms in total. The average Bonchev–Trinajstić information content (AvgIpc) is 2.88. The van der Waals surface area contributed by atoms with Gasteiger partial charge in [-0.2, -0.15) is 0 Å². The van der Waals surface area contributed by atoms with Crippen molar-refractivity contribution in [3.05, 3.63) is 44.6 Å². The van der Waals surface area contributed by atoms with Crippen LogP contribution in [0.15, 0.2) is 28.1 Å². The van der Waals surface area contributed by atoms with E-state index in [0.717, 1.165) is 23.8 Å². The van der Waals surface area contributed by atoms with Crippen molar-refractivity contribution in [1.82, 2.24) is 10.3 Å². The van der Waals surface area contributed by atoms with Crippen LogP contribution < -0.4 is 10.1 Å². The molecular weight excluding hydrogens is 355 g/mol. The number of hydrogen-bond acceptors (Lipinski definition) is 4. The summed E-state index contributed by atoms with van der Waals surface area (Å²) in [6, 6.07) is 4.60. The highest BCUT2D eigenvalue weighted by molar-refractivity contribution is 9.10. The molecule has 1 N–H and O–H groups in total. The zero-order chi connectivity index (χ0) is 15.2. The molecule has 0 unspecified atom stereocenters. The van der Waals surface area contributed by atoms with Gasteiger partial charge < -0.3 is 10.1 Å². The van der Waals surface area contributed by atoms with Crippen molar-refractivity contribution in [1.29, 1.82) is 0 Å². The molecule has 0 atom stereocenters. The molecule has 0 aliphatic carbocycles. The van der Waals surface area contributed by atoms with E-state index in [9.17, 15) is 4.39 Å². The van der Waals surface area contributed by atoms with Gasteiger partial charge in [-0.05, 0) is 46.6 Å². The Morgan fingerprint density at radius 1 is 1.43 bits per heavy atom. The molecule has 0 spiro atoms. The second kappa shape index (κ2) is 7.87. The summed E-state index contributed by atoms with van der Waals surface area (Å²) < 4.78 is 19.1. The third kappa shape index (κ3) is 5.37. The van der Waals surface area contributed by atoms with Gasteiger partial charge >= 0.3 is 0 Å². The van der Waals surface area contributed by atoms with Gasteiger partial charge in [0.05, 0.1) is 10.2 Å². The molecular formula is C15H18BrFN2OS. The first kappa shape index (κ1) is 16.4. The van der Waals surface area contributed by atoms with Gasteiger partial charge in [-0.25, -0.2) is 9.37 Å². The van der Waals surface area contributed by atoms with Crippen LogP contribution in [0, 0.1) is 11.7 Å². The first-order valence-corrected chi connectivity index (χ1v) is 8.43. The highest BCUT2D eigenvalue weighted by atomic mass is 79.9. The molecule has 2 rings (SSSR count). The first-order valence-electron chi connectivity index (χ1n) is 6.76. The second-order valence-corrected chi connectivity index (χ2v) is 6.92. The fourth-order valence-corrected chi connectivity index (χ4v) is 2.79. The molecule has 114 valence electrons. The molecule has 6 heteroatoms. The lowest BCUT2D eigenvalue weighted by molar-refractivity contribution is 0.301. The molecule has 21 heavy (non-hydrogen) atoms. The maximum absolute atomic E-state index is 13.1. The van der Waals surface area contributed by atoms with Gasteiger partial charge in [0.2, 0.25) is 0 Å². The van der Waals surface area contributed by atoms with E-state index < -0.39 is 0 Å². The number of ether oxygens (including phenoxy) is 1. The minimum atomic E-state index is -0.297. The van der Waals surface area contributed by atoms with Gasteiger partial charge in [0.15, 0.2) is 0 Å². The average molecular weight is 373 g/mol. The van der Waals surface area contributed by atoms with Gasteiger partial charge in [-0.1, -0.05) is 13.8 Å². The normalized spacial score (nSPS) is 11.1. The zero-order valence-corrected chi connectivity index (χ0v) is 14.4. The van der Waals surface area contributed by atoms with E-state index in [4.69, 9.17) is 4.74 Å². The molecule has 0 saturated heterocycles. The predicted molar refractivity (Wildman–Crippen MR) is 87.1 cm³/mol. The quantitative estimate of drug-likeness (QED) is 0.783. The van der Waals surface area contributed by atoms with Crippen molar-refractivity contribution >= 4 is 27.3 Å². The lowest BCUT2D eigenvalue weighted by atomic mass is 10.2. The number of halogens is 2. The van der Waals surface area contributed by atoms with Gasteiger partial charge in [0.1, 0.15) is 23.2 Å². The van der Waals surface area contributed by atoms with Crippen molar-refractivity contribution in [2.45, 2.75) is 27.0 Å². The van der Waals surface area contributed by atoms with E-state index in [1.807, 2.05) is 5.38 Å². The fraction of sp³-hybridized carbons (Fsp3) is 0.400. The molecule has 0 amide bonds. The molecule has 0 fully saturated rings. The fourth-order valence-electron chi connectivity index (χ4n) is 1.69. The Bertz CT molecular complexity index is 589. The van der Waals surface area contributed by atoms with E-state index in [1.54, 1.807) is 23.5 Å². The Kier molecular flexibility index (Phi) is 6.14. The van der Waals surface area contributed by atoms with Crippen LogP contribution >= 0.6 is 27.3 Å². The molecule has 0 radical (unpaired) electrons. The van der Waals surface area contributed by atoms with Gasteiger partial charge in [0.25, 0.3) is 0 Å². The molecule has 0 saturated carbocycles. The largest absolute Gasteiger partial charge is 0.487 e. The van der Waals surface area contributed by atoms with Crippen LogP contribution in [0.4, 0.5) is 4.39 Å². The number of aromatic nitrogens is 1. The summed E-state index contributed by atoms with van der Waals surface area (Å²) in [7, 11) is 0. The minimum Gasteiger partial charge on any atom is -0.487 e. The number of rotatable bonds is 7. The van der Waals surface area contributed by atoms with Crippen LogP contribution in [0.25, 0.3) is 0 Å². The van der Waals surface area contributed by atoms with Gasteiger partial charge in [0, 0.05) is 11.9 Å². The standard InChI is InChI=1S/C15H18BrFN2OS/c1-10(2)6-18-7-15-19-11(9-21-15)8-20-12-3-4-14(17)13(16)5-12/h3-5,9-10,18H,6-8H2,1-2H3. The Hall–Kier alpha value is -0.980. The molecule has 0 aliphatic heterocycles. The third-order valence-corrected chi connectivity index (χ3v) is 4.21. The summed E-state index contributed by atoms with van der Waals surface area (Å²) in [4.78, 5) is 4.51. The maximum Gasteiger partial charge on any atom is 0.137 e. The van der Waals surface area contributed by atoms with Crippen LogP contribution in [0.5, 0.6) is 5.75 Å². The highest BCUT2D eigenvalue weighted by Crippen LogP contribution is 2.22. The van der Waals surface area contributed by atoms with E-state index in [0.29, 0.717) is 22.7 Å². The number of nitrogens with one attached hydrogen (secondary N) is 1. The van der Waals surface area contributed by atoms with Crippen LogP contribution in [0.1, 0.15) is 24.5 Å². The second-order valence-electron chi connectivity index (χ2n) is 5.12. The summed E-state index contributed by atoms with van der Waals surface area (Å²) in [5.41, 5.74) is 0.891. The van der Waals surface area contributed by atoms with Crippen molar-refractivity contribution < 1.29 is 9.13 Å². The smallest absolute Gasteiger partial charge is 0.137 e. The number of thiazole rings is 1. The summed E-state index contributed by atoms with van der Waals surface area (Å²) in [5, 5.41) is 6.40. The number of benzene rings is 1.